The lowest BCUT2D eigenvalue weighted by molar-refractivity contribution is -0.132. The van der Waals surface area contributed by atoms with Gasteiger partial charge in [0.25, 0.3) is 5.78 Å². The van der Waals surface area contributed by atoms with Crippen LogP contribution in [-0.4, -0.2) is 27.0 Å². The standard InChI is InChI=1S/C25H18FN3O4S2/c1-14-4-8-16(9-5-14)21(30)19-20(18-3-2-12-33-18)29(23(32)22(19)31)24-27-28-25(35-24)34-13-15-6-10-17(26)11-7-15/h2-12,20,30H,13H2,1H3/b21-19-. The number of aromatic nitrogens is 2. The van der Waals surface area contributed by atoms with Crippen LogP contribution in [0.5, 0.6) is 0 Å². The van der Waals surface area contributed by atoms with Gasteiger partial charge in [-0.05, 0) is 36.8 Å². The molecule has 0 bridgehead atoms. The monoisotopic (exact) mass is 507 g/mol. The molecule has 1 saturated heterocycles. The van der Waals surface area contributed by atoms with Gasteiger partial charge >= 0.3 is 5.91 Å². The fourth-order valence-corrected chi connectivity index (χ4v) is 5.52. The lowest BCUT2D eigenvalue weighted by atomic mass is 9.99. The van der Waals surface area contributed by atoms with E-state index in [1.807, 2.05) is 19.1 Å². The van der Waals surface area contributed by atoms with Gasteiger partial charge in [-0.1, -0.05) is 65.1 Å². The Labute approximate surface area is 207 Å². The Hall–Kier alpha value is -3.76. The van der Waals surface area contributed by atoms with Crippen molar-refractivity contribution in [1.29, 1.82) is 0 Å². The van der Waals surface area contributed by atoms with Gasteiger partial charge in [-0.25, -0.2) is 4.39 Å². The second kappa shape index (κ2) is 9.47. The van der Waals surface area contributed by atoms with Crippen molar-refractivity contribution in [3.05, 3.63) is 101 Å². The predicted octanol–water partition coefficient (Wildman–Crippen LogP) is 5.50. The van der Waals surface area contributed by atoms with Crippen LogP contribution in [-0.2, 0) is 15.3 Å². The number of carbonyl (C=O) groups excluding carboxylic acids is 2. The summed E-state index contributed by atoms with van der Waals surface area (Å²) in [4.78, 5) is 27.4. The maximum absolute atomic E-state index is 13.1. The second-order valence-electron chi connectivity index (χ2n) is 7.82. The first-order valence-corrected chi connectivity index (χ1v) is 12.3. The van der Waals surface area contributed by atoms with Crippen LogP contribution in [0.4, 0.5) is 9.52 Å². The van der Waals surface area contributed by atoms with Gasteiger partial charge in [0.15, 0.2) is 4.34 Å². The fourth-order valence-electron chi connectivity index (χ4n) is 3.70. The summed E-state index contributed by atoms with van der Waals surface area (Å²) in [6, 6.07) is 15.4. The number of aryl methyl sites for hydroxylation is 1. The normalized spacial score (nSPS) is 17.3. The van der Waals surface area contributed by atoms with Crippen molar-refractivity contribution in [3.8, 4) is 0 Å². The van der Waals surface area contributed by atoms with Gasteiger partial charge in [0, 0.05) is 11.3 Å². The van der Waals surface area contributed by atoms with E-state index in [4.69, 9.17) is 4.42 Å². The molecule has 1 N–H and O–H groups in total. The van der Waals surface area contributed by atoms with Crippen LogP contribution >= 0.6 is 23.1 Å². The number of aliphatic hydroxyl groups is 1. The number of hydrogen-bond acceptors (Lipinski definition) is 8. The zero-order chi connectivity index (χ0) is 24.5. The first kappa shape index (κ1) is 23.0. The average Bonchev–Trinajstić information content (AvgIpc) is 3.60. The molecule has 0 radical (unpaired) electrons. The molecule has 0 spiro atoms. The summed E-state index contributed by atoms with van der Waals surface area (Å²) in [7, 11) is 0. The maximum atomic E-state index is 13.1. The number of Topliss-reactive ketones (excluding diaryl/α,β-unsaturated/α-hetero) is 1. The van der Waals surface area contributed by atoms with Crippen molar-refractivity contribution in [2.75, 3.05) is 4.90 Å². The van der Waals surface area contributed by atoms with Crippen molar-refractivity contribution >= 4 is 45.7 Å². The number of benzene rings is 2. The number of rotatable bonds is 6. The topological polar surface area (TPSA) is 96.5 Å². The van der Waals surface area contributed by atoms with Gasteiger partial charge in [0.1, 0.15) is 23.4 Å². The summed E-state index contributed by atoms with van der Waals surface area (Å²) >= 11 is 2.52. The number of hydrogen-bond donors (Lipinski definition) is 1. The number of ketones is 1. The number of anilines is 1. The smallest absolute Gasteiger partial charge is 0.302 e. The zero-order valence-corrected chi connectivity index (χ0v) is 20.0. The third-order valence-corrected chi connectivity index (χ3v) is 7.59. The van der Waals surface area contributed by atoms with Crippen LogP contribution in [0.3, 0.4) is 0 Å². The molecule has 0 saturated carbocycles. The summed E-state index contributed by atoms with van der Waals surface area (Å²) < 4.78 is 19.3. The molecule has 10 heteroatoms. The molecule has 1 aliphatic heterocycles. The molecule has 2 aromatic heterocycles. The molecule has 1 amide bonds. The van der Waals surface area contributed by atoms with Crippen molar-refractivity contribution in [2.45, 2.75) is 23.1 Å². The quantitative estimate of drug-likeness (QED) is 0.121. The largest absolute Gasteiger partial charge is 0.507 e. The highest BCUT2D eigenvalue weighted by Gasteiger charge is 2.49. The number of carbonyl (C=O) groups is 2. The Morgan fingerprint density at radius 2 is 1.86 bits per heavy atom. The lowest BCUT2D eigenvalue weighted by Gasteiger charge is -2.20. The molecule has 2 aromatic carbocycles. The maximum Gasteiger partial charge on any atom is 0.302 e. The highest BCUT2D eigenvalue weighted by atomic mass is 32.2. The molecule has 5 rings (SSSR count). The van der Waals surface area contributed by atoms with E-state index < -0.39 is 17.7 Å². The number of furan rings is 1. The van der Waals surface area contributed by atoms with Gasteiger partial charge < -0.3 is 9.52 Å². The molecule has 0 aliphatic carbocycles. The van der Waals surface area contributed by atoms with Crippen LogP contribution in [0.25, 0.3) is 5.76 Å². The summed E-state index contributed by atoms with van der Waals surface area (Å²) in [5, 5.41) is 19.5. The van der Waals surface area contributed by atoms with E-state index in [2.05, 4.69) is 10.2 Å². The Kier molecular flexibility index (Phi) is 6.23. The van der Waals surface area contributed by atoms with E-state index in [0.29, 0.717) is 21.4 Å². The summed E-state index contributed by atoms with van der Waals surface area (Å²) in [5.74, 6) is -1.42. The Morgan fingerprint density at radius 1 is 1.11 bits per heavy atom. The predicted molar refractivity (Wildman–Crippen MR) is 131 cm³/mol. The zero-order valence-electron chi connectivity index (χ0n) is 18.3. The van der Waals surface area contributed by atoms with Crippen LogP contribution in [0.15, 0.2) is 81.3 Å². The van der Waals surface area contributed by atoms with Gasteiger partial charge in [-0.15, -0.1) is 10.2 Å². The molecule has 3 heterocycles. The molecular formula is C25H18FN3O4S2. The molecule has 1 aliphatic rings. The minimum absolute atomic E-state index is 0.0791. The first-order valence-electron chi connectivity index (χ1n) is 10.5. The minimum Gasteiger partial charge on any atom is -0.507 e. The van der Waals surface area contributed by atoms with E-state index in [0.717, 1.165) is 22.5 Å². The van der Waals surface area contributed by atoms with Gasteiger partial charge in [-0.2, -0.15) is 0 Å². The second-order valence-corrected chi connectivity index (χ2v) is 9.99. The van der Waals surface area contributed by atoms with E-state index in [9.17, 15) is 19.1 Å². The number of amides is 1. The molecule has 4 aromatic rings. The summed E-state index contributed by atoms with van der Waals surface area (Å²) in [6.45, 7) is 1.91. The van der Waals surface area contributed by atoms with E-state index in [1.54, 1.807) is 36.4 Å². The van der Waals surface area contributed by atoms with Crippen LogP contribution < -0.4 is 4.90 Å². The number of thioether (sulfide) groups is 1. The van der Waals surface area contributed by atoms with Gasteiger partial charge in [0.05, 0.1) is 11.8 Å². The van der Waals surface area contributed by atoms with E-state index >= 15 is 0 Å². The molecule has 35 heavy (non-hydrogen) atoms. The van der Waals surface area contributed by atoms with Crippen molar-refractivity contribution < 1.29 is 23.5 Å². The molecule has 176 valence electrons. The first-order chi connectivity index (χ1) is 16.9. The minimum atomic E-state index is -0.991. The van der Waals surface area contributed by atoms with Gasteiger partial charge in [0.2, 0.25) is 5.13 Å². The Balaban J connectivity index is 1.49. The summed E-state index contributed by atoms with van der Waals surface area (Å²) in [5.41, 5.74) is 2.23. The Bertz CT molecular complexity index is 1410. The average molecular weight is 508 g/mol. The van der Waals surface area contributed by atoms with Crippen LogP contribution in [0.2, 0.25) is 0 Å². The van der Waals surface area contributed by atoms with Crippen molar-refractivity contribution in [1.82, 2.24) is 10.2 Å². The van der Waals surface area contributed by atoms with E-state index in [1.165, 1.54) is 35.1 Å². The highest BCUT2D eigenvalue weighted by Crippen LogP contribution is 2.44. The SMILES string of the molecule is Cc1ccc(/C(O)=C2/C(=O)C(=O)N(c3nnc(SCc4ccc(F)cc4)s3)C2c2ccco2)cc1. The van der Waals surface area contributed by atoms with Crippen molar-refractivity contribution in [3.63, 3.8) is 0 Å². The fraction of sp³-hybridized carbons (Fsp3) is 0.120. The summed E-state index contributed by atoms with van der Waals surface area (Å²) in [6.07, 6.45) is 1.44. The third-order valence-electron chi connectivity index (χ3n) is 5.46. The highest BCUT2D eigenvalue weighted by molar-refractivity contribution is 8.00. The number of halogens is 1. The molecule has 1 atom stereocenters. The lowest BCUT2D eigenvalue weighted by Crippen LogP contribution is -2.29. The van der Waals surface area contributed by atoms with E-state index in [-0.39, 0.29) is 22.3 Å². The molecule has 7 nitrogen and oxygen atoms in total. The Morgan fingerprint density at radius 3 is 2.54 bits per heavy atom. The molecular weight excluding hydrogens is 489 g/mol. The van der Waals surface area contributed by atoms with Gasteiger partial charge in [-0.3, -0.25) is 14.5 Å². The third kappa shape index (κ3) is 4.50. The molecule has 1 unspecified atom stereocenters. The van der Waals surface area contributed by atoms with Crippen LogP contribution in [0, 0.1) is 12.7 Å². The number of aliphatic hydroxyl groups excluding tert-OH is 1. The van der Waals surface area contributed by atoms with Crippen molar-refractivity contribution in [2.24, 2.45) is 0 Å². The number of nitrogens with zero attached hydrogens (tertiary/aromatic N) is 3. The molecule has 1 fully saturated rings. The van der Waals surface area contributed by atoms with Crippen LogP contribution in [0.1, 0.15) is 28.5 Å².